The summed E-state index contributed by atoms with van der Waals surface area (Å²) in [6.07, 6.45) is 3.78. The van der Waals surface area contributed by atoms with Crippen molar-refractivity contribution in [1.82, 2.24) is 14.8 Å². The Balaban J connectivity index is 1.42. The SMILES string of the molecule is Cc1ncsc1CCC(=O)N1CCC(N2CCSCC2)CC1. The van der Waals surface area contributed by atoms with Crippen LogP contribution in [-0.2, 0) is 11.2 Å². The molecule has 2 fully saturated rings. The van der Waals surface area contributed by atoms with E-state index in [9.17, 15) is 4.79 Å². The molecule has 2 aliphatic heterocycles. The fraction of sp³-hybridized carbons (Fsp3) is 0.750. The van der Waals surface area contributed by atoms with Gasteiger partial charge in [0.25, 0.3) is 0 Å². The van der Waals surface area contributed by atoms with E-state index in [-0.39, 0.29) is 0 Å². The van der Waals surface area contributed by atoms with E-state index >= 15 is 0 Å². The number of aromatic nitrogens is 1. The van der Waals surface area contributed by atoms with Crippen LogP contribution in [0.4, 0.5) is 0 Å². The third kappa shape index (κ3) is 4.03. The molecule has 0 atom stereocenters. The van der Waals surface area contributed by atoms with Gasteiger partial charge in [-0.25, -0.2) is 4.98 Å². The lowest BCUT2D eigenvalue weighted by atomic mass is 10.0. The Morgan fingerprint density at radius 1 is 1.27 bits per heavy atom. The number of piperidine rings is 1. The quantitative estimate of drug-likeness (QED) is 0.844. The van der Waals surface area contributed by atoms with Gasteiger partial charge in [-0.05, 0) is 26.2 Å². The van der Waals surface area contributed by atoms with E-state index in [1.54, 1.807) is 11.3 Å². The van der Waals surface area contributed by atoms with Gasteiger partial charge >= 0.3 is 0 Å². The summed E-state index contributed by atoms with van der Waals surface area (Å²) in [6, 6.07) is 0.702. The minimum absolute atomic E-state index is 0.320. The zero-order valence-electron chi connectivity index (χ0n) is 13.3. The highest BCUT2D eigenvalue weighted by atomic mass is 32.2. The average Bonchev–Trinajstić information content (AvgIpc) is 2.99. The predicted molar refractivity (Wildman–Crippen MR) is 93.7 cm³/mol. The summed E-state index contributed by atoms with van der Waals surface area (Å²) in [7, 11) is 0. The summed E-state index contributed by atoms with van der Waals surface area (Å²) in [5.41, 5.74) is 2.96. The van der Waals surface area contributed by atoms with E-state index in [2.05, 4.69) is 26.5 Å². The van der Waals surface area contributed by atoms with Gasteiger partial charge in [0.2, 0.25) is 5.91 Å². The van der Waals surface area contributed by atoms with Crippen LogP contribution in [0.1, 0.15) is 29.8 Å². The molecule has 0 N–H and O–H groups in total. The molecule has 0 unspecified atom stereocenters. The number of carbonyl (C=O) groups is 1. The fourth-order valence-corrected chi connectivity index (χ4v) is 5.08. The predicted octanol–water partition coefficient (Wildman–Crippen LogP) is 2.42. The van der Waals surface area contributed by atoms with E-state index < -0.39 is 0 Å². The van der Waals surface area contributed by atoms with Crippen molar-refractivity contribution >= 4 is 29.0 Å². The normalized spacial score (nSPS) is 21.2. The maximum Gasteiger partial charge on any atom is 0.222 e. The van der Waals surface area contributed by atoms with E-state index in [0.717, 1.165) is 38.0 Å². The third-order valence-electron chi connectivity index (χ3n) is 4.79. The molecule has 2 saturated heterocycles. The van der Waals surface area contributed by atoms with Crippen molar-refractivity contribution in [2.24, 2.45) is 0 Å². The number of thioether (sulfide) groups is 1. The number of likely N-dealkylation sites (tertiary alicyclic amines) is 1. The molecule has 0 aromatic carbocycles. The number of hydrogen-bond donors (Lipinski definition) is 0. The lowest BCUT2D eigenvalue weighted by Gasteiger charge is -2.40. The lowest BCUT2D eigenvalue weighted by molar-refractivity contribution is -0.132. The molecule has 122 valence electrons. The summed E-state index contributed by atoms with van der Waals surface area (Å²) >= 11 is 3.73. The minimum Gasteiger partial charge on any atom is -0.343 e. The molecule has 2 aliphatic rings. The van der Waals surface area contributed by atoms with Crippen molar-refractivity contribution < 1.29 is 4.79 Å². The number of carbonyl (C=O) groups excluding carboxylic acids is 1. The number of amides is 1. The molecule has 1 aromatic heterocycles. The van der Waals surface area contributed by atoms with Crippen LogP contribution in [0.2, 0.25) is 0 Å². The minimum atomic E-state index is 0.320. The van der Waals surface area contributed by atoms with Crippen molar-refractivity contribution in [3.8, 4) is 0 Å². The Bertz CT molecular complexity index is 491. The van der Waals surface area contributed by atoms with Crippen LogP contribution in [0.3, 0.4) is 0 Å². The Morgan fingerprint density at radius 2 is 2.00 bits per heavy atom. The zero-order chi connectivity index (χ0) is 15.4. The molecule has 3 rings (SSSR count). The molecule has 0 aliphatic carbocycles. The van der Waals surface area contributed by atoms with Gasteiger partial charge in [-0.2, -0.15) is 11.8 Å². The Morgan fingerprint density at radius 3 is 2.64 bits per heavy atom. The fourth-order valence-electron chi connectivity index (χ4n) is 3.37. The number of rotatable bonds is 4. The first-order chi connectivity index (χ1) is 10.7. The lowest BCUT2D eigenvalue weighted by Crippen LogP contribution is -2.49. The summed E-state index contributed by atoms with van der Waals surface area (Å²) in [4.78, 5) is 22.6. The van der Waals surface area contributed by atoms with Gasteiger partial charge in [-0.15, -0.1) is 11.3 Å². The number of thiazole rings is 1. The molecule has 22 heavy (non-hydrogen) atoms. The summed E-state index contributed by atoms with van der Waals surface area (Å²) in [5.74, 6) is 2.86. The smallest absolute Gasteiger partial charge is 0.222 e. The molecule has 6 heteroatoms. The van der Waals surface area contributed by atoms with Gasteiger partial charge in [0.05, 0.1) is 11.2 Å². The first-order valence-corrected chi connectivity index (χ1v) is 10.3. The Labute approximate surface area is 141 Å². The van der Waals surface area contributed by atoms with Crippen molar-refractivity contribution in [2.45, 2.75) is 38.6 Å². The van der Waals surface area contributed by atoms with Gasteiger partial charge in [-0.1, -0.05) is 0 Å². The molecular weight excluding hydrogens is 314 g/mol. The number of aryl methyl sites for hydroxylation is 2. The van der Waals surface area contributed by atoms with E-state index in [1.165, 1.54) is 29.5 Å². The molecule has 0 bridgehead atoms. The Hall–Kier alpha value is -0.590. The molecule has 1 amide bonds. The third-order valence-corrected chi connectivity index (χ3v) is 6.73. The number of hydrogen-bond acceptors (Lipinski definition) is 5. The van der Waals surface area contributed by atoms with E-state index in [4.69, 9.17) is 0 Å². The van der Waals surface area contributed by atoms with E-state index in [1.807, 2.05) is 12.4 Å². The first-order valence-electron chi connectivity index (χ1n) is 8.22. The van der Waals surface area contributed by atoms with Crippen LogP contribution in [0.25, 0.3) is 0 Å². The summed E-state index contributed by atoms with van der Waals surface area (Å²) in [6.45, 7) is 6.37. The molecule has 4 nitrogen and oxygen atoms in total. The maximum absolute atomic E-state index is 12.4. The molecular formula is C16H25N3OS2. The highest BCUT2D eigenvalue weighted by Crippen LogP contribution is 2.21. The second kappa shape index (κ2) is 7.79. The standard InChI is InChI=1S/C16H25N3OS2/c1-13-15(22-12-17-13)2-3-16(20)19-6-4-14(5-7-19)18-8-10-21-11-9-18/h12,14H,2-11H2,1H3. The molecule has 0 saturated carbocycles. The highest BCUT2D eigenvalue weighted by Gasteiger charge is 2.27. The van der Waals surface area contributed by atoms with Gasteiger partial charge in [0.1, 0.15) is 0 Å². The van der Waals surface area contributed by atoms with Crippen LogP contribution >= 0.6 is 23.1 Å². The van der Waals surface area contributed by atoms with Gasteiger partial charge in [0, 0.05) is 55.0 Å². The van der Waals surface area contributed by atoms with E-state index in [0.29, 0.717) is 18.4 Å². The number of nitrogens with zero attached hydrogens (tertiary/aromatic N) is 3. The largest absolute Gasteiger partial charge is 0.343 e. The first kappa shape index (κ1) is 16.3. The van der Waals surface area contributed by atoms with Crippen molar-refractivity contribution in [3.05, 3.63) is 16.1 Å². The monoisotopic (exact) mass is 339 g/mol. The molecule has 0 radical (unpaired) electrons. The topological polar surface area (TPSA) is 36.4 Å². The van der Waals surface area contributed by atoms with Crippen molar-refractivity contribution in [1.29, 1.82) is 0 Å². The second-order valence-electron chi connectivity index (χ2n) is 6.12. The van der Waals surface area contributed by atoms with Crippen LogP contribution in [-0.4, -0.2) is 64.4 Å². The molecule has 3 heterocycles. The van der Waals surface area contributed by atoms with Gasteiger partial charge in [-0.3, -0.25) is 9.69 Å². The van der Waals surface area contributed by atoms with Crippen LogP contribution < -0.4 is 0 Å². The van der Waals surface area contributed by atoms with Gasteiger partial charge in [0.15, 0.2) is 0 Å². The van der Waals surface area contributed by atoms with Crippen LogP contribution in [0.5, 0.6) is 0 Å². The van der Waals surface area contributed by atoms with Crippen molar-refractivity contribution in [3.63, 3.8) is 0 Å². The van der Waals surface area contributed by atoms with Gasteiger partial charge < -0.3 is 4.90 Å². The summed E-state index contributed by atoms with van der Waals surface area (Å²) < 4.78 is 0. The van der Waals surface area contributed by atoms with Crippen LogP contribution in [0, 0.1) is 6.92 Å². The van der Waals surface area contributed by atoms with Crippen LogP contribution in [0.15, 0.2) is 5.51 Å². The molecule has 1 aromatic rings. The zero-order valence-corrected chi connectivity index (χ0v) is 14.9. The summed E-state index contributed by atoms with van der Waals surface area (Å²) in [5, 5.41) is 0. The average molecular weight is 340 g/mol. The second-order valence-corrected chi connectivity index (χ2v) is 8.29. The Kier molecular flexibility index (Phi) is 5.77. The maximum atomic E-state index is 12.4. The highest BCUT2D eigenvalue weighted by molar-refractivity contribution is 7.99. The molecule has 0 spiro atoms. The van der Waals surface area contributed by atoms with Crippen molar-refractivity contribution in [2.75, 3.05) is 37.7 Å².